The number of ether oxygens (including phenoxy) is 1. The number of nitrogens with one attached hydrogen (secondary N) is 2. The van der Waals surface area contributed by atoms with Gasteiger partial charge in [0.25, 0.3) is 0 Å². The third-order valence-electron chi connectivity index (χ3n) is 4.56. The minimum Gasteiger partial charge on any atom is -0.379 e. The van der Waals surface area contributed by atoms with Crippen LogP contribution >= 0.6 is 24.0 Å². The number of hydrogen-bond acceptors (Lipinski definition) is 3. The molecule has 0 aliphatic carbocycles. The number of halogens is 1. The summed E-state index contributed by atoms with van der Waals surface area (Å²) in [6.45, 7) is 13.8. The molecule has 2 rings (SSSR count). The maximum Gasteiger partial charge on any atom is 0.191 e. The summed E-state index contributed by atoms with van der Waals surface area (Å²) in [5.41, 5.74) is 2.55. The van der Waals surface area contributed by atoms with Gasteiger partial charge in [0.05, 0.1) is 19.8 Å². The van der Waals surface area contributed by atoms with Crippen LogP contribution < -0.4 is 10.6 Å². The van der Waals surface area contributed by atoms with E-state index < -0.39 is 0 Å². The van der Waals surface area contributed by atoms with Crippen molar-refractivity contribution in [3.05, 3.63) is 35.4 Å². The zero-order chi connectivity index (χ0) is 17.4. The number of nitrogens with zero attached hydrogens (tertiary/aromatic N) is 2. The molecule has 25 heavy (non-hydrogen) atoms. The lowest BCUT2D eigenvalue weighted by Crippen LogP contribution is -2.53. The van der Waals surface area contributed by atoms with Crippen LogP contribution in [0.4, 0.5) is 0 Å². The molecule has 6 heteroatoms. The van der Waals surface area contributed by atoms with Gasteiger partial charge >= 0.3 is 0 Å². The van der Waals surface area contributed by atoms with Gasteiger partial charge in [-0.3, -0.25) is 4.90 Å². The van der Waals surface area contributed by atoms with Crippen LogP contribution in [0.15, 0.2) is 29.3 Å². The molecule has 0 amide bonds. The van der Waals surface area contributed by atoms with Gasteiger partial charge in [0, 0.05) is 31.7 Å². The lowest BCUT2D eigenvalue weighted by molar-refractivity contribution is -0.0174. The van der Waals surface area contributed by atoms with Crippen molar-refractivity contribution in [3.63, 3.8) is 0 Å². The Labute approximate surface area is 169 Å². The summed E-state index contributed by atoms with van der Waals surface area (Å²) in [6.07, 6.45) is 0. The standard InChI is InChI=1S/C19H32N4O.HI/c1-5-20-19(22-13-18-9-7-6-8-15(18)2)21-12-16(3)23-10-11-24-14-17(23)4;/h6-9,16-17H,5,10-14H2,1-4H3,(H2,20,21,22);1H. The van der Waals surface area contributed by atoms with Crippen LogP contribution in [0.25, 0.3) is 0 Å². The molecule has 2 N–H and O–H groups in total. The molecule has 2 atom stereocenters. The third kappa shape index (κ3) is 7.11. The van der Waals surface area contributed by atoms with Crippen molar-refractivity contribution in [2.45, 2.75) is 46.3 Å². The van der Waals surface area contributed by atoms with Crippen molar-refractivity contribution in [1.82, 2.24) is 15.5 Å². The molecule has 5 nitrogen and oxygen atoms in total. The van der Waals surface area contributed by atoms with Gasteiger partial charge in [-0.15, -0.1) is 24.0 Å². The summed E-state index contributed by atoms with van der Waals surface area (Å²) >= 11 is 0. The molecule has 1 aromatic rings. The molecule has 1 heterocycles. The first-order valence-corrected chi connectivity index (χ1v) is 9.02. The molecule has 1 aliphatic rings. The van der Waals surface area contributed by atoms with Crippen LogP contribution in [0.5, 0.6) is 0 Å². The fraction of sp³-hybridized carbons (Fsp3) is 0.632. The smallest absolute Gasteiger partial charge is 0.191 e. The Bertz CT molecular complexity index is 538. The zero-order valence-corrected chi connectivity index (χ0v) is 18.2. The summed E-state index contributed by atoms with van der Waals surface area (Å²) < 4.78 is 5.53. The molecule has 142 valence electrons. The summed E-state index contributed by atoms with van der Waals surface area (Å²) in [4.78, 5) is 7.23. The van der Waals surface area contributed by atoms with E-state index in [9.17, 15) is 0 Å². The number of hydrogen-bond donors (Lipinski definition) is 2. The number of morpholine rings is 1. The summed E-state index contributed by atoms with van der Waals surface area (Å²) in [5.74, 6) is 0.883. The summed E-state index contributed by atoms with van der Waals surface area (Å²) in [5, 5.41) is 6.82. The topological polar surface area (TPSA) is 48.9 Å². The van der Waals surface area contributed by atoms with Gasteiger partial charge in [-0.1, -0.05) is 24.3 Å². The first-order valence-electron chi connectivity index (χ1n) is 9.02. The van der Waals surface area contributed by atoms with Crippen molar-refractivity contribution in [3.8, 4) is 0 Å². The van der Waals surface area contributed by atoms with Gasteiger partial charge < -0.3 is 15.4 Å². The van der Waals surface area contributed by atoms with Crippen molar-refractivity contribution < 1.29 is 4.74 Å². The Morgan fingerprint density at radius 1 is 1.36 bits per heavy atom. The van der Waals surface area contributed by atoms with Crippen LogP contribution in [0.1, 0.15) is 31.9 Å². The van der Waals surface area contributed by atoms with Crippen molar-refractivity contribution in [1.29, 1.82) is 0 Å². The van der Waals surface area contributed by atoms with Crippen molar-refractivity contribution >= 4 is 29.9 Å². The highest BCUT2D eigenvalue weighted by molar-refractivity contribution is 14.0. The molecular formula is C19H33IN4O. The van der Waals surface area contributed by atoms with E-state index in [1.54, 1.807) is 0 Å². The normalized spacial score (nSPS) is 19.8. The van der Waals surface area contributed by atoms with E-state index in [-0.39, 0.29) is 24.0 Å². The average Bonchev–Trinajstić information content (AvgIpc) is 2.58. The fourth-order valence-corrected chi connectivity index (χ4v) is 3.05. The SMILES string of the molecule is CCNC(=NCc1ccccc1C)NCC(C)N1CCOCC1C.I. The third-order valence-corrected chi connectivity index (χ3v) is 4.56. The van der Waals surface area contributed by atoms with Gasteiger partial charge in [0.15, 0.2) is 5.96 Å². The fourth-order valence-electron chi connectivity index (χ4n) is 3.05. The predicted octanol–water partition coefficient (Wildman–Crippen LogP) is 2.78. The van der Waals surface area contributed by atoms with Gasteiger partial charge in [0.1, 0.15) is 0 Å². The molecular weight excluding hydrogens is 427 g/mol. The maximum absolute atomic E-state index is 5.53. The molecule has 1 aromatic carbocycles. The summed E-state index contributed by atoms with van der Waals surface area (Å²) in [6, 6.07) is 9.33. The Morgan fingerprint density at radius 3 is 2.80 bits per heavy atom. The Hall–Kier alpha value is -0.860. The number of benzene rings is 1. The van der Waals surface area contributed by atoms with Crippen LogP contribution in [-0.2, 0) is 11.3 Å². The quantitative estimate of drug-likeness (QED) is 0.390. The van der Waals surface area contributed by atoms with Gasteiger partial charge in [-0.05, 0) is 38.8 Å². The molecule has 1 fully saturated rings. The van der Waals surface area contributed by atoms with E-state index in [0.29, 0.717) is 18.6 Å². The van der Waals surface area contributed by atoms with E-state index in [1.807, 2.05) is 0 Å². The molecule has 0 aromatic heterocycles. The van der Waals surface area contributed by atoms with Gasteiger partial charge in [0.2, 0.25) is 0 Å². The van der Waals surface area contributed by atoms with E-state index >= 15 is 0 Å². The van der Waals surface area contributed by atoms with Gasteiger partial charge in [-0.2, -0.15) is 0 Å². The molecule has 0 spiro atoms. The molecule has 0 saturated carbocycles. The Morgan fingerprint density at radius 2 is 2.12 bits per heavy atom. The second kappa shape index (κ2) is 11.7. The first-order chi connectivity index (χ1) is 11.6. The maximum atomic E-state index is 5.53. The van der Waals surface area contributed by atoms with Crippen LogP contribution in [0, 0.1) is 6.92 Å². The number of rotatable bonds is 6. The van der Waals surface area contributed by atoms with E-state index in [2.05, 4.69) is 67.5 Å². The van der Waals surface area contributed by atoms with Crippen LogP contribution in [0.2, 0.25) is 0 Å². The molecule has 0 radical (unpaired) electrons. The first kappa shape index (κ1) is 22.2. The number of guanidine groups is 1. The second-order valence-corrected chi connectivity index (χ2v) is 6.51. The number of aryl methyl sites for hydroxylation is 1. The highest BCUT2D eigenvalue weighted by atomic mass is 127. The molecule has 1 aliphatic heterocycles. The molecule has 1 saturated heterocycles. The molecule has 0 bridgehead atoms. The minimum atomic E-state index is 0. The Kier molecular flexibility index (Phi) is 10.4. The molecule has 2 unspecified atom stereocenters. The van der Waals surface area contributed by atoms with Crippen molar-refractivity contribution in [2.75, 3.05) is 32.8 Å². The highest BCUT2D eigenvalue weighted by Gasteiger charge is 2.23. The lowest BCUT2D eigenvalue weighted by atomic mass is 10.1. The highest BCUT2D eigenvalue weighted by Crippen LogP contribution is 2.10. The zero-order valence-electron chi connectivity index (χ0n) is 15.9. The van der Waals surface area contributed by atoms with E-state index in [4.69, 9.17) is 9.73 Å². The van der Waals surface area contributed by atoms with Gasteiger partial charge in [-0.25, -0.2) is 4.99 Å². The minimum absolute atomic E-state index is 0. The predicted molar refractivity (Wildman–Crippen MR) is 116 cm³/mol. The number of aliphatic imine (C=N–C) groups is 1. The lowest BCUT2D eigenvalue weighted by Gasteiger charge is -2.38. The monoisotopic (exact) mass is 460 g/mol. The average molecular weight is 460 g/mol. The Balaban J connectivity index is 0.00000312. The second-order valence-electron chi connectivity index (χ2n) is 6.51. The van der Waals surface area contributed by atoms with E-state index in [0.717, 1.165) is 38.8 Å². The van der Waals surface area contributed by atoms with Crippen molar-refractivity contribution in [2.24, 2.45) is 4.99 Å². The van der Waals surface area contributed by atoms with Crippen LogP contribution in [0.3, 0.4) is 0 Å². The van der Waals surface area contributed by atoms with E-state index in [1.165, 1.54) is 11.1 Å². The summed E-state index contributed by atoms with van der Waals surface area (Å²) in [7, 11) is 0. The van der Waals surface area contributed by atoms with Crippen LogP contribution in [-0.4, -0.2) is 55.8 Å². The largest absolute Gasteiger partial charge is 0.379 e.